The second kappa shape index (κ2) is 7.65. The van der Waals surface area contributed by atoms with Gasteiger partial charge in [0.1, 0.15) is 11.5 Å². The van der Waals surface area contributed by atoms with E-state index < -0.39 is 0 Å². The molecule has 144 valence electrons. The number of rotatable bonds is 4. The molecule has 4 heteroatoms. The summed E-state index contributed by atoms with van der Waals surface area (Å²) in [6.45, 7) is 0. The van der Waals surface area contributed by atoms with E-state index in [2.05, 4.69) is 0 Å². The Morgan fingerprint density at radius 3 is 1.90 bits per heavy atom. The van der Waals surface area contributed by atoms with Gasteiger partial charge in [-0.2, -0.15) is 0 Å². The average molecular weight is 408 g/mol. The molecular formula is C26H16O3S. The second-order valence-corrected chi connectivity index (χ2v) is 7.96. The molecule has 0 saturated heterocycles. The van der Waals surface area contributed by atoms with Crippen molar-refractivity contribution in [3.63, 3.8) is 0 Å². The van der Waals surface area contributed by atoms with Gasteiger partial charge in [0.2, 0.25) is 0 Å². The minimum absolute atomic E-state index is 0.155. The largest absolute Gasteiger partial charge is 0.457 e. The van der Waals surface area contributed by atoms with E-state index in [-0.39, 0.29) is 11.6 Å². The highest BCUT2D eigenvalue weighted by atomic mass is 32.2. The zero-order chi connectivity index (χ0) is 20.5. The topological polar surface area (TPSA) is 43.4 Å². The molecule has 0 N–H and O–H groups in total. The van der Waals surface area contributed by atoms with Gasteiger partial charge in [-0.25, -0.2) is 0 Å². The SMILES string of the molecule is O=C1c2cccc(Sc3ccccc3)c2C(=O)c2cccc(Oc3ccccc3)c21. The molecule has 5 rings (SSSR count). The summed E-state index contributed by atoms with van der Waals surface area (Å²) in [5.74, 6) is 0.660. The van der Waals surface area contributed by atoms with Gasteiger partial charge in [-0.05, 0) is 36.4 Å². The van der Waals surface area contributed by atoms with Crippen molar-refractivity contribution in [1.29, 1.82) is 0 Å². The summed E-state index contributed by atoms with van der Waals surface area (Å²) in [4.78, 5) is 28.7. The van der Waals surface area contributed by atoms with Crippen molar-refractivity contribution >= 4 is 23.3 Å². The van der Waals surface area contributed by atoms with Crippen LogP contribution in [0.1, 0.15) is 31.8 Å². The van der Waals surface area contributed by atoms with E-state index in [1.165, 1.54) is 11.8 Å². The van der Waals surface area contributed by atoms with Crippen molar-refractivity contribution < 1.29 is 14.3 Å². The molecule has 0 aliphatic heterocycles. The summed E-state index contributed by atoms with van der Waals surface area (Å²) in [5, 5.41) is 0. The first kappa shape index (κ1) is 18.4. The highest BCUT2D eigenvalue weighted by Crippen LogP contribution is 2.40. The molecule has 4 aromatic carbocycles. The van der Waals surface area contributed by atoms with Crippen LogP contribution in [0.25, 0.3) is 0 Å². The predicted octanol–water partition coefficient (Wildman–Crippen LogP) is 6.41. The summed E-state index contributed by atoms with van der Waals surface area (Å²) < 4.78 is 5.96. The van der Waals surface area contributed by atoms with Crippen molar-refractivity contribution in [2.24, 2.45) is 0 Å². The van der Waals surface area contributed by atoms with Crippen LogP contribution in [0.3, 0.4) is 0 Å². The Bertz CT molecular complexity index is 1160. The minimum Gasteiger partial charge on any atom is -0.457 e. The standard InChI is InChI=1S/C26H16O3S/c27-25-20-14-8-16-22(30-18-11-5-2-6-12-18)24(20)26(28)19-13-7-15-21(23(19)25)29-17-9-3-1-4-10-17/h1-16H. The van der Waals surface area contributed by atoms with Crippen LogP contribution >= 0.6 is 11.8 Å². The van der Waals surface area contributed by atoms with Gasteiger partial charge in [-0.15, -0.1) is 0 Å². The maximum atomic E-state index is 13.4. The Kier molecular flexibility index (Phi) is 4.69. The van der Waals surface area contributed by atoms with Crippen LogP contribution < -0.4 is 4.74 Å². The lowest BCUT2D eigenvalue weighted by molar-refractivity contribution is 0.0975. The van der Waals surface area contributed by atoms with Crippen molar-refractivity contribution in [3.05, 3.63) is 119 Å². The molecule has 3 nitrogen and oxygen atoms in total. The van der Waals surface area contributed by atoms with Crippen molar-refractivity contribution in [1.82, 2.24) is 0 Å². The van der Waals surface area contributed by atoms with Crippen LogP contribution in [0, 0.1) is 0 Å². The predicted molar refractivity (Wildman–Crippen MR) is 117 cm³/mol. The van der Waals surface area contributed by atoms with Gasteiger partial charge in [0.15, 0.2) is 11.6 Å². The lowest BCUT2D eigenvalue weighted by Gasteiger charge is -2.22. The number of benzene rings is 4. The minimum atomic E-state index is -0.193. The van der Waals surface area contributed by atoms with E-state index in [1.807, 2.05) is 72.8 Å². The third kappa shape index (κ3) is 3.21. The second-order valence-electron chi connectivity index (χ2n) is 6.85. The number of carbonyl (C=O) groups excluding carboxylic acids is 2. The third-order valence-electron chi connectivity index (χ3n) is 4.94. The van der Waals surface area contributed by atoms with Gasteiger partial charge >= 0.3 is 0 Å². The monoisotopic (exact) mass is 408 g/mol. The zero-order valence-corrected chi connectivity index (χ0v) is 16.7. The smallest absolute Gasteiger partial charge is 0.198 e. The van der Waals surface area contributed by atoms with E-state index in [1.54, 1.807) is 24.3 Å². The Balaban J connectivity index is 1.60. The van der Waals surface area contributed by atoms with Crippen LogP contribution in [0.2, 0.25) is 0 Å². The summed E-state index contributed by atoms with van der Waals surface area (Å²) >= 11 is 1.49. The molecule has 0 radical (unpaired) electrons. The van der Waals surface area contributed by atoms with Gasteiger partial charge in [0.25, 0.3) is 0 Å². The number of para-hydroxylation sites is 1. The zero-order valence-electron chi connectivity index (χ0n) is 15.9. The Morgan fingerprint density at radius 1 is 0.567 bits per heavy atom. The molecule has 30 heavy (non-hydrogen) atoms. The van der Waals surface area contributed by atoms with Crippen LogP contribution in [-0.4, -0.2) is 11.6 Å². The van der Waals surface area contributed by atoms with Crippen LogP contribution in [0.5, 0.6) is 11.5 Å². The number of fused-ring (bicyclic) bond motifs is 2. The van der Waals surface area contributed by atoms with E-state index >= 15 is 0 Å². The highest BCUT2D eigenvalue weighted by Gasteiger charge is 2.34. The first-order valence-electron chi connectivity index (χ1n) is 9.53. The fourth-order valence-corrected chi connectivity index (χ4v) is 4.58. The molecule has 0 aromatic heterocycles. The molecule has 0 saturated carbocycles. The molecular weight excluding hydrogens is 392 g/mol. The molecule has 0 spiro atoms. The summed E-state index contributed by atoms with van der Waals surface area (Å²) in [7, 11) is 0. The van der Waals surface area contributed by atoms with Crippen LogP contribution in [-0.2, 0) is 0 Å². The molecule has 0 atom stereocenters. The molecule has 0 fully saturated rings. The van der Waals surface area contributed by atoms with Crippen molar-refractivity contribution in [2.45, 2.75) is 9.79 Å². The van der Waals surface area contributed by atoms with Crippen molar-refractivity contribution in [3.8, 4) is 11.5 Å². The summed E-state index contributed by atoms with van der Waals surface area (Å²) in [6, 6.07) is 29.7. The first-order chi connectivity index (χ1) is 14.7. The third-order valence-corrected chi connectivity index (χ3v) is 6.01. The number of ether oxygens (including phenoxy) is 1. The number of carbonyl (C=O) groups is 2. The summed E-state index contributed by atoms with van der Waals surface area (Å²) in [6.07, 6.45) is 0. The van der Waals surface area contributed by atoms with Crippen LogP contribution in [0.4, 0.5) is 0 Å². The summed E-state index contributed by atoms with van der Waals surface area (Å²) in [5.41, 5.74) is 1.57. The number of ketones is 2. The van der Waals surface area contributed by atoms with E-state index in [0.717, 1.165) is 9.79 Å². The van der Waals surface area contributed by atoms with Gasteiger partial charge in [0.05, 0.1) is 5.56 Å². The Hall–Kier alpha value is -3.63. The number of hydrogen-bond donors (Lipinski definition) is 0. The van der Waals surface area contributed by atoms with E-state index in [0.29, 0.717) is 33.8 Å². The lowest BCUT2D eigenvalue weighted by Crippen LogP contribution is -2.22. The normalized spacial score (nSPS) is 12.3. The van der Waals surface area contributed by atoms with Crippen LogP contribution in [0.15, 0.2) is 107 Å². The molecule has 0 bridgehead atoms. The molecule has 1 aliphatic carbocycles. The fourth-order valence-electron chi connectivity index (χ4n) is 3.58. The van der Waals surface area contributed by atoms with Gasteiger partial charge in [-0.1, -0.05) is 72.4 Å². The molecule has 0 heterocycles. The maximum Gasteiger partial charge on any atom is 0.198 e. The van der Waals surface area contributed by atoms with Gasteiger partial charge in [0, 0.05) is 26.5 Å². The average Bonchev–Trinajstić information content (AvgIpc) is 2.79. The fraction of sp³-hybridized carbons (Fsp3) is 0. The quantitative estimate of drug-likeness (QED) is 0.345. The lowest BCUT2D eigenvalue weighted by atomic mass is 9.83. The Labute approximate surface area is 178 Å². The maximum absolute atomic E-state index is 13.4. The van der Waals surface area contributed by atoms with Crippen molar-refractivity contribution in [2.75, 3.05) is 0 Å². The molecule has 4 aromatic rings. The van der Waals surface area contributed by atoms with Gasteiger partial charge in [-0.3, -0.25) is 9.59 Å². The first-order valence-corrected chi connectivity index (χ1v) is 10.4. The molecule has 0 unspecified atom stereocenters. The van der Waals surface area contributed by atoms with E-state index in [9.17, 15) is 9.59 Å². The Morgan fingerprint density at radius 2 is 1.17 bits per heavy atom. The molecule has 0 amide bonds. The van der Waals surface area contributed by atoms with Gasteiger partial charge < -0.3 is 4.74 Å². The molecule has 1 aliphatic rings. The highest BCUT2D eigenvalue weighted by molar-refractivity contribution is 7.99. The number of hydrogen-bond acceptors (Lipinski definition) is 4. The van der Waals surface area contributed by atoms with E-state index in [4.69, 9.17) is 4.74 Å².